The molecule has 0 radical (unpaired) electrons. The van der Waals surface area contributed by atoms with Gasteiger partial charge >= 0.3 is 5.97 Å². The second kappa shape index (κ2) is 8.02. The van der Waals surface area contributed by atoms with Crippen molar-refractivity contribution in [1.82, 2.24) is 5.32 Å². The Hall–Kier alpha value is -1.56. The van der Waals surface area contributed by atoms with E-state index >= 15 is 0 Å². The van der Waals surface area contributed by atoms with E-state index in [1.807, 2.05) is 0 Å². The Kier molecular flexibility index (Phi) is 6.68. The number of aromatic carboxylic acids is 1. The van der Waals surface area contributed by atoms with Crippen molar-refractivity contribution >= 4 is 23.6 Å². The normalized spacial score (nSPS) is 12.2. The molecule has 0 heterocycles. The number of nitrogens with one attached hydrogen (secondary N) is 1. The molecule has 0 saturated heterocycles. The first-order valence-corrected chi connectivity index (χ1v) is 7.66. The average molecular weight is 313 g/mol. The SMILES string of the molecule is CC(C)CCNC(=O)C(C)Sc1ccc(F)c(C(=O)O)c1. The predicted octanol–water partition coefficient (Wildman–Crippen LogP) is 3.17. The Balaban J connectivity index is 2.62. The van der Waals surface area contributed by atoms with Crippen LogP contribution in [-0.4, -0.2) is 28.8 Å². The van der Waals surface area contributed by atoms with E-state index in [-0.39, 0.29) is 16.7 Å². The molecule has 0 saturated carbocycles. The molecule has 116 valence electrons. The van der Waals surface area contributed by atoms with E-state index in [4.69, 9.17) is 5.11 Å². The maximum atomic E-state index is 13.3. The monoisotopic (exact) mass is 313 g/mol. The quantitative estimate of drug-likeness (QED) is 0.759. The molecule has 1 unspecified atom stereocenters. The van der Waals surface area contributed by atoms with Gasteiger partial charge in [0.1, 0.15) is 5.82 Å². The maximum Gasteiger partial charge on any atom is 0.338 e. The molecule has 21 heavy (non-hydrogen) atoms. The minimum atomic E-state index is -1.32. The summed E-state index contributed by atoms with van der Waals surface area (Å²) in [5, 5.41) is 11.3. The first-order valence-electron chi connectivity index (χ1n) is 6.78. The maximum absolute atomic E-state index is 13.3. The predicted molar refractivity (Wildman–Crippen MR) is 81.1 cm³/mol. The van der Waals surface area contributed by atoms with Crippen molar-refractivity contribution in [1.29, 1.82) is 0 Å². The minimum absolute atomic E-state index is 0.109. The van der Waals surface area contributed by atoms with Crippen molar-refractivity contribution in [2.45, 2.75) is 37.3 Å². The van der Waals surface area contributed by atoms with Gasteiger partial charge in [0.25, 0.3) is 0 Å². The van der Waals surface area contributed by atoms with Crippen LogP contribution in [0.1, 0.15) is 37.6 Å². The number of carbonyl (C=O) groups excluding carboxylic acids is 1. The summed E-state index contributed by atoms with van der Waals surface area (Å²) in [6, 6.07) is 3.83. The number of hydrogen-bond acceptors (Lipinski definition) is 3. The molecule has 1 atom stereocenters. The molecule has 0 aliphatic rings. The summed E-state index contributed by atoms with van der Waals surface area (Å²) in [6.45, 7) is 6.51. The second-order valence-electron chi connectivity index (χ2n) is 5.18. The van der Waals surface area contributed by atoms with Gasteiger partial charge in [-0.3, -0.25) is 4.79 Å². The van der Waals surface area contributed by atoms with Crippen molar-refractivity contribution in [2.24, 2.45) is 5.92 Å². The van der Waals surface area contributed by atoms with Crippen molar-refractivity contribution in [3.63, 3.8) is 0 Å². The van der Waals surface area contributed by atoms with Crippen LogP contribution in [0.5, 0.6) is 0 Å². The molecule has 6 heteroatoms. The third-order valence-electron chi connectivity index (χ3n) is 2.87. The van der Waals surface area contributed by atoms with E-state index < -0.39 is 11.8 Å². The zero-order valence-electron chi connectivity index (χ0n) is 12.4. The molecular weight excluding hydrogens is 293 g/mol. The molecule has 1 aromatic rings. The first-order chi connectivity index (χ1) is 9.81. The summed E-state index contributed by atoms with van der Waals surface area (Å²) in [6.07, 6.45) is 0.906. The first kappa shape index (κ1) is 17.5. The molecule has 0 spiro atoms. The van der Waals surface area contributed by atoms with Gasteiger partial charge in [-0.25, -0.2) is 9.18 Å². The molecule has 2 N–H and O–H groups in total. The van der Waals surface area contributed by atoms with E-state index in [0.717, 1.165) is 12.5 Å². The second-order valence-corrected chi connectivity index (χ2v) is 6.59. The standard InChI is InChI=1S/C15H20FNO3S/c1-9(2)6-7-17-14(18)10(3)21-11-4-5-13(16)12(8-11)15(19)20/h4-5,8-10H,6-7H2,1-3H3,(H,17,18)(H,19,20). The van der Waals surface area contributed by atoms with Gasteiger partial charge in [0.05, 0.1) is 10.8 Å². The number of benzene rings is 1. The summed E-state index contributed by atoms with van der Waals surface area (Å²) >= 11 is 1.21. The number of hydrogen-bond donors (Lipinski definition) is 2. The zero-order valence-corrected chi connectivity index (χ0v) is 13.2. The molecule has 4 nitrogen and oxygen atoms in total. The van der Waals surface area contributed by atoms with Gasteiger partial charge in [0.15, 0.2) is 0 Å². The molecule has 0 fully saturated rings. The van der Waals surface area contributed by atoms with Crippen molar-refractivity contribution < 1.29 is 19.1 Å². The molecule has 0 bridgehead atoms. The molecule has 1 amide bonds. The van der Waals surface area contributed by atoms with Gasteiger partial charge < -0.3 is 10.4 Å². The summed E-state index contributed by atoms with van der Waals surface area (Å²) in [7, 11) is 0. The lowest BCUT2D eigenvalue weighted by Crippen LogP contribution is -2.32. The van der Waals surface area contributed by atoms with Crippen LogP contribution in [0.15, 0.2) is 23.1 Å². The summed E-state index contributed by atoms with van der Waals surface area (Å²) < 4.78 is 13.3. The van der Waals surface area contributed by atoms with Gasteiger partial charge in [-0.15, -0.1) is 11.8 Å². The van der Waals surface area contributed by atoms with Gasteiger partial charge in [0.2, 0.25) is 5.91 Å². The van der Waals surface area contributed by atoms with Crippen LogP contribution in [0.4, 0.5) is 4.39 Å². The van der Waals surface area contributed by atoms with Crippen LogP contribution in [0.2, 0.25) is 0 Å². The smallest absolute Gasteiger partial charge is 0.338 e. The van der Waals surface area contributed by atoms with Crippen LogP contribution >= 0.6 is 11.8 Å². The van der Waals surface area contributed by atoms with Gasteiger partial charge in [-0.2, -0.15) is 0 Å². The third-order valence-corrected chi connectivity index (χ3v) is 3.96. The summed E-state index contributed by atoms with van der Waals surface area (Å²) in [5.74, 6) is -1.68. The Morgan fingerprint density at radius 3 is 2.57 bits per heavy atom. The lowest BCUT2D eigenvalue weighted by molar-refractivity contribution is -0.120. The van der Waals surface area contributed by atoms with Crippen LogP contribution in [0.25, 0.3) is 0 Å². The lowest BCUT2D eigenvalue weighted by Gasteiger charge is -2.13. The number of carboxylic acids is 1. The Bertz CT molecular complexity index is 520. The Morgan fingerprint density at radius 1 is 1.33 bits per heavy atom. The third kappa shape index (κ3) is 5.75. The van der Waals surface area contributed by atoms with Crippen molar-refractivity contribution in [3.05, 3.63) is 29.6 Å². The van der Waals surface area contributed by atoms with Crippen LogP contribution < -0.4 is 5.32 Å². The van der Waals surface area contributed by atoms with Gasteiger partial charge in [-0.05, 0) is 37.5 Å². The molecule has 0 aliphatic heterocycles. The largest absolute Gasteiger partial charge is 0.478 e. The Labute approximate surface area is 128 Å². The fourth-order valence-corrected chi connectivity index (χ4v) is 2.56. The molecule has 1 aromatic carbocycles. The fraction of sp³-hybridized carbons (Fsp3) is 0.467. The fourth-order valence-electron chi connectivity index (χ4n) is 1.63. The number of halogens is 1. The molecule has 0 aliphatic carbocycles. The highest BCUT2D eigenvalue weighted by atomic mass is 32.2. The highest BCUT2D eigenvalue weighted by Crippen LogP contribution is 2.25. The number of carbonyl (C=O) groups is 2. The Morgan fingerprint density at radius 2 is 2.00 bits per heavy atom. The number of carboxylic acid groups (broad SMARTS) is 1. The number of rotatable bonds is 7. The molecular formula is C15H20FNO3S. The van der Waals surface area contributed by atoms with Gasteiger partial charge in [-0.1, -0.05) is 13.8 Å². The number of thioether (sulfide) groups is 1. The highest BCUT2D eigenvalue weighted by Gasteiger charge is 2.16. The van der Waals surface area contributed by atoms with E-state index in [0.29, 0.717) is 17.4 Å². The van der Waals surface area contributed by atoms with Gasteiger partial charge in [0, 0.05) is 11.4 Å². The van der Waals surface area contributed by atoms with E-state index in [2.05, 4.69) is 19.2 Å². The highest BCUT2D eigenvalue weighted by molar-refractivity contribution is 8.00. The molecule has 0 aromatic heterocycles. The van der Waals surface area contributed by atoms with Crippen LogP contribution in [0.3, 0.4) is 0 Å². The van der Waals surface area contributed by atoms with E-state index in [1.165, 1.54) is 23.9 Å². The minimum Gasteiger partial charge on any atom is -0.478 e. The number of amides is 1. The lowest BCUT2D eigenvalue weighted by atomic mass is 10.1. The summed E-state index contributed by atoms with van der Waals surface area (Å²) in [4.78, 5) is 23.3. The average Bonchev–Trinajstić information content (AvgIpc) is 2.40. The van der Waals surface area contributed by atoms with Crippen LogP contribution in [-0.2, 0) is 4.79 Å². The van der Waals surface area contributed by atoms with Crippen molar-refractivity contribution in [3.8, 4) is 0 Å². The van der Waals surface area contributed by atoms with E-state index in [9.17, 15) is 14.0 Å². The van der Waals surface area contributed by atoms with E-state index in [1.54, 1.807) is 6.92 Å². The van der Waals surface area contributed by atoms with Crippen molar-refractivity contribution in [2.75, 3.05) is 6.54 Å². The topological polar surface area (TPSA) is 66.4 Å². The zero-order chi connectivity index (χ0) is 16.0. The van der Waals surface area contributed by atoms with Crippen LogP contribution in [0, 0.1) is 11.7 Å². The molecule has 1 rings (SSSR count). The summed E-state index contributed by atoms with van der Waals surface area (Å²) in [5.41, 5.74) is -0.382.